The summed E-state index contributed by atoms with van der Waals surface area (Å²) in [6.45, 7) is 0. The minimum atomic E-state index is -0.403. The van der Waals surface area contributed by atoms with Gasteiger partial charge in [0.05, 0.1) is 14.2 Å². The first-order valence-electron chi connectivity index (χ1n) is 5.28. The van der Waals surface area contributed by atoms with E-state index in [1.807, 2.05) is 6.07 Å². The van der Waals surface area contributed by atoms with Crippen molar-refractivity contribution in [1.29, 1.82) is 0 Å². The molecule has 5 heteroatoms. The minimum Gasteiger partial charge on any atom is -0.493 e. The third kappa shape index (κ3) is 2.88. The zero-order valence-corrected chi connectivity index (χ0v) is 10.5. The van der Waals surface area contributed by atoms with Gasteiger partial charge in [-0.15, -0.1) is 0 Å². The molecule has 0 aliphatic rings. The van der Waals surface area contributed by atoms with Crippen LogP contribution in [0.4, 0.5) is 0 Å². The zero-order chi connectivity index (χ0) is 12.8. The van der Waals surface area contributed by atoms with Crippen molar-refractivity contribution in [2.24, 2.45) is 0 Å². The fraction of sp³-hybridized carbons (Fsp3) is 0.417. The van der Waals surface area contributed by atoms with Crippen LogP contribution in [0, 0.1) is 0 Å². The van der Waals surface area contributed by atoms with Crippen LogP contribution < -0.4 is 20.1 Å². The van der Waals surface area contributed by atoms with Gasteiger partial charge in [0.2, 0.25) is 5.91 Å². The third-order valence-corrected chi connectivity index (χ3v) is 2.54. The lowest BCUT2D eigenvalue weighted by Crippen LogP contribution is -2.33. The molecule has 0 heterocycles. The summed E-state index contributed by atoms with van der Waals surface area (Å²) in [5, 5.41) is 5.56. The van der Waals surface area contributed by atoms with Gasteiger partial charge < -0.3 is 20.1 Å². The molecular weight excluding hydrogens is 220 g/mol. The zero-order valence-electron chi connectivity index (χ0n) is 10.5. The van der Waals surface area contributed by atoms with Crippen molar-refractivity contribution in [3.8, 4) is 11.5 Å². The summed E-state index contributed by atoms with van der Waals surface area (Å²) < 4.78 is 10.3. The number of hydrogen-bond acceptors (Lipinski definition) is 4. The maximum absolute atomic E-state index is 11.7. The van der Waals surface area contributed by atoms with Crippen LogP contribution in [0.15, 0.2) is 18.2 Å². The SMILES string of the molecule is CNC(=O)C(NC)c1ccc(OC)c(OC)c1. The molecule has 2 N–H and O–H groups in total. The molecule has 1 amide bonds. The van der Waals surface area contributed by atoms with E-state index in [4.69, 9.17) is 9.47 Å². The van der Waals surface area contributed by atoms with Gasteiger partial charge in [-0.25, -0.2) is 0 Å². The van der Waals surface area contributed by atoms with E-state index < -0.39 is 6.04 Å². The summed E-state index contributed by atoms with van der Waals surface area (Å²) in [4.78, 5) is 11.7. The Morgan fingerprint density at radius 2 is 1.82 bits per heavy atom. The van der Waals surface area contributed by atoms with Crippen molar-refractivity contribution < 1.29 is 14.3 Å². The molecule has 1 aromatic rings. The van der Waals surface area contributed by atoms with Gasteiger partial charge in [0.25, 0.3) is 0 Å². The summed E-state index contributed by atoms with van der Waals surface area (Å²) in [5.74, 6) is 1.15. The normalized spacial score (nSPS) is 11.8. The van der Waals surface area contributed by atoms with Crippen LogP contribution in [0.3, 0.4) is 0 Å². The molecule has 5 nitrogen and oxygen atoms in total. The number of ether oxygens (including phenoxy) is 2. The van der Waals surface area contributed by atoms with E-state index in [9.17, 15) is 4.79 Å². The molecule has 1 aromatic carbocycles. The largest absolute Gasteiger partial charge is 0.493 e. The molecule has 94 valence electrons. The first-order chi connectivity index (χ1) is 8.17. The van der Waals surface area contributed by atoms with Gasteiger partial charge in [0.15, 0.2) is 11.5 Å². The summed E-state index contributed by atoms with van der Waals surface area (Å²) >= 11 is 0. The minimum absolute atomic E-state index is 0.0975. The Morgan fingerprint density at radius 3 is 2.29 bits per heavy atom. The van der Waals surface area contributed by atoms with E-state index in [0.29, 0.717) is 11.5 Å². The van der Waals surface area contributed by atoms with Gasteiger partial charge in [0, 0.05) is 7.05 Å². The maximum atomic E-state index is 11.7. The molecule has 0 saturated carbocycles. The Kier molecular flexibility index (Phi) is 4.78. The molecule has 1 rings (SSSR count). The van der Waals surface area contributed by atoms with Gasteiger partial charge in [-0.1, -0.05) is 6.07 Å². The van der Waals surface area contributed by atoms with Crippen LogP contribution >= 0.6 is 0 Å². The Bertz CT molecular complexity index is 393. The second-order valence-electron chi connectivity index (χ2n) is 3.45. The molecule has 0 aromatic heterocycles. The molecule has 0 saturated heterocycles. The van der Waals surface area contributed by atoms with Crippen LogP contribution in [0.25, 0.3) is 0 Å². The standard InChI is InChI=1S/C12H18N2O3/c1-13-11(12(15)14-2)8-5-6-9(16-3)10(7-8)17-4/h5-7,11,13H,1-4H3,(H,14,15). The predicted molar refractivity (Wildman–Crippen MR) is 65.4 cm³/mol. The van der Waals surface area contributed by atoms with Crippen LogP contribution in [-0.2, 0) is 4.79 Å². The highest BCUT2D eigenvalue weighted by atomic mass is 16.5. The second-order valence-corrected chi connectivity index (χ2v) is 3.45. The van der Waals surface area contributed by atoms with E-state index in [1.54, 1.807) is 40.4 Å². The Balaban J connectivity index is 3.09. The molecule has 1 atom stereocenters. The van der Waals surface area contributed by atoms with Crippen molar-refractivity contribution in [1.82, 2.24) is 10.6 Å². The fourth-order valence-electron chi connectivity index (χ4n) is 1.63. The van der Waals surface area contributed by atoms with Gasteiger partial charge in [-0.3, -0.25) is 4.79 Å². The molecule has 0 aliphatic carbocycles. The van der Waals surface area contributed by atoms with Crippen LogP contribution in [-0.4, -0.2) is 34.2 Å². The molecule has 0 fully saturated rings. The van der Waals surface area contributed by atoms with E-state index in [1.165, 1.54) is 0 Å². The quantitative estimate of drug-likeness (QED) is 0.793. The van der Waals surface area contributed by atoms with Gasteiger partial charge >= 0.3 is 0 Å². The topological polar surface area (TPSA) is 59.6 Å². The van der Waals surface area contributed by atoms with Crippen molar-refractivity contribution in [3.63, 3.8) is 0 Å². The highest BCUT2D eigenvalue weighted by Crippen LogP contribution is 2.29. The summed E-state index contributed by atoms with van der Waals surface area (Å²) in [6.07, 6.45) is 0. The fourth-order valence-corrected chi connectivity index (χ4v) is 1.63. The molecule has 0 spiro atoms. The second kappa shape index (κ2) is 6.10. The molecule has 0 radical (unpaired) electrons. The van der Waals surface area contributed by atoms with Crippen molar-refractivity contribution in [3.05, 3.63) is 23.8 Å². The monoisotopic (exact) mass is 238 g/mol. The molecule has 0 aliphatic heterocycles. The van der Waals surface area contributed by atoms with Crippen LogP contribution in [0.5, 0.6) is 11.5 Å². The highest BCUT2D eigenvalue weighted by molar-refractivity contribution is 5.83. The number of carbonyl (C=O) groups is 1. The van der Waals surface area contributed by atoms with E-state index in [-0.39, 0.29) is 5.91 Å². The number of rotatable bonds is 5. The van der Waals surface area contributed by atoms with Gasteiger partial charge in [-0.2, -0.15) is 0 Å². The smallest absolute Gasteiger partial charge is 0.241 e. The van der Waals surface area contributed by atoms with E-state index in [0.717, 1.165) is 5.56 Å². The first kappa shape index (κ1) is 13.3. The number of likely N-dealkylation sites (N-methyl/N-ethyl adjacent to an activating group) is 2. The average Bonchev–Trinajstić information content (AvgIpc) is 2.38. The van der Waals surface area contributed by atoms with Gasteiger partial charge in [0.1, 0.15) is 6.04 Å². The first-order valence-corrected chi connectivity index (χ1v) is 5.28. The molecular formula is C12H18N2O3. The molecule has 1 unspecified atom stereocenters. The number of amides is 1. The predicted octanol–water partition coefficient (Wildman–Crippen LogP) is 0.710. The Labute approximate surface area is 101 Å². The lowest BCUT2D eigenvalue weighted by atomic mass is 10.1. The maximum Gasteiger partial charge on any atom is 0.241 e. The van der Waals surface area contributed by atoms with Crippen LogP contribution in [0.1, 0.15) is 11.6 Å². The average molecular weight is 238 g/mol. The molecule has 17 heavy (non-hydrogen) atoms. The molecule has 0 bridgehead atoms. The van der Waals surface area contributed by atoms with Crippen molar-refractivity contribution >= 4 is 5.91 Å². The van der Waals surface area contributed by atoms with Crippen molar-refractivity contribution in [2.75, 3.05) is 28.3 Å². The lowest BCUT2D eigenvalue weighted by Gasteiger charge is -2.16. The number of hydrogen-bond donors (Lipinski definition) is 2. The summed E-state index contributed by atoms with van der Waals surface area (Å²) in [5.41, 5.74) is 0.824. The summed E-state index contributed by atoms with van der Waals surface area (Å²) in [6, 6.07) is 4.99. The number of nitrogens with one attached hydrogen (secondary N) is 2. The number of methoxy groups -OCH3 is 2. The van der Waals surface area contributed by atoms with E-state index >= 15 is 0 Å². The van der Waals surface area contributed by atoms with Gasteiger partial charge in [-0.05, 0) is 24.7 Å². The van der Waals surface area contributed by atoms with Crippen LogP contribution in [0.2, 0.25) is 0 Å². The number of benzene rings is 1. The Hall–Kier alpha value is -1.75. The Morgan fingerprint density at radius 1 is 1.18 bits per heavy atom. The van der Waals surface area contributed by atoms with E-state index in [2.05, 4.69) is 10.6 Å². The lowest BCUT2D eigenvalue weighted by molar-refractivity contribution is -0.122. The highest BCUT2D eigenvalue weighted by Gasteiger charge is 2.18. The van der Waals surface area contributed by atoms with Crippen molar-refractivity contribution in [2.45, 2.75) is 6.04 Å². The third-order valence-electron chi connectivity index (χ3n) is 2.54. The number of carbonyl (C=O) groups excluding carboxylic acids is 1. The summed E-state index contributed by atoms with van der Waals surface area (Å²) in [7, 11) is 6.48.